The monoisotopic (exact) mass is 475 g/mol. The van der Waals surface area contributed by atoms with Gasteiger partial charge in [0.15, 0.2) is 0 Å². The predicted octanol–water partition coefficient (Wildman–Crippen LogP) is 3.79. The molecule has 0 spiro atoms. The summed E-state index contributed by atoms with van der Waals surface area (Å²) < 4.78 is 27.6. The molecule has 1 aliphatic rings. The Bertz CT molecular complexity index is 1080. The summed E-state index contributed by atoms with van der Waals surface area (Å²) in [5, 5.41) is 5.55. The lowest BCUT2D eigenvalue weighted by atomic mass is 10.2. The van der Waals surface area contributed by atoms with Crippen LogP contribution in [0.25, 0.3) is 0 Å². The summed E-state index contributed by atoms with van der Waals surface area (Å²) in [5.41, 5.74) is 2.86. The maximum Gasteiger partial charge on any atom is 0.243 e. The molecule has 0 saturated carbocycles. The van der Waals surface area contributed by atoms with Gasteiger partial charge in [-0.2, -0.15) is 4.31 Å². The fraction of sp³-hybridized carbons (Fsp3) is 0.391. The minimum Gasteiger partial charge on any atom is -0.325 e. The van der Waals surface area contributed by atoms with Crippen LogP contribution in [-0.4, -0.2) is 49.1 Å². The molecule has 1 fully saturated rings. The van der Waals surface area contributed by atoms with E-state index < -0.39 is 10.0 Å². The minimum atomic E-state index is -3.59. The van der Waals surface area contributed by atoms with E-state index in [-0.39, 0.29) is 28.2 Å². The van der Waals surface area contributed by atoms with Gasteiger partial charge in [0.1, 0.15) is 0 Å². The number of benzene rings is 2. The third-order valence-corrected chi connectivity index (χ3v) is 8.15. The normalized spacial score (nSPS) is 14.7. The highest BCUT2D eigenvalue weighted by molar-refractivity contribution is 8.00. The summed E-state index contributed by atoms with van der Waals surface area (Å²) in [6.45, 7) is 4.76. The molecule has 0 aliphatic carbocycles. The fourth-order valence-corrected chi connectivity index (χ4v) is 5.94. The van der Waals surface area contributed by atoms with Gasteiger partial charge in [-0.1, -0.05) is 24.6 Å². The van der Waals surface area contributed by atoms with E-state index in [0.717, 1.165) is 30.5 Å². The van der Waals surface area contributed by atoms with E-state index in [0.29, 0.717) is 24.3 Å². The second-order valence-corrected chi connectivity index (χ2v) is 10.8. The molecule has 9 heteroatoms. The van der Waals surface area contributed by atoms with E-state index in [9.17, 15) is 18.0 Å². The average Bonchev–Trinajstić information content (AvgIpc) is 2.75. The smallest absolute Gasteiger partial charge is 0.243 e. The molecule has 0 atom stereocenters. The van der Waals surface area contributed by atoms with Gasteiger partial charge in [0, 0.05) is 24.5 Å². The Hall–Kier alpha value is -2.36. The Labute approximate surface area is 194 Å². The van der Waals surface area contributed by atoms with E-state index in [1.807, 2.05) is 31.2 Å². The van der Waals surface area contributed by atoms with Gasteiger partial charge in [-0.15, -0.1) is 11.8 Å². The quantitative estimate of drug-likeness (QED) is 0.606. The van der Waals surface area contributed by atoms with Crippen LogP contribution in [-0.2, 0) is 19.6 Å². The van der Waals surface area contributed by atoms with Gasteiger partial charge in [0.2, 0.25) is 21.8 Å². The van der Waals surface area contributed by atoms with Gasteiger partial charge in [-0.25, -0.2) is 8.42 Å². The molecule has 0 unspecified atom stereocenters. The van der Waals surface area contributed by atoms with Crippen LogP contribution in [0.2, 0.25) is 0 Å². The van der Waals surface area contributed by atoms with Crippen molar-refractivity contribution < 1.29 is 18.0 Å². The standard InChI is InChI=1S/C23H29N3O4S2/c1-17-7-6-8-19(13-17)24-22(27)15-31-16-23(28)25-20-10-9-18(2)21(14-20)32(29,30)26-11-4-3-5-12-26/h6-10,13-14H,3-5,11-12,15-16H2,1-2H3,(H,24,27)(H,25,28). The van der Waals surface area contributed by atoms with Crippen LogP contribution in [0.5, 0.6) is 0 Å². The summed E-state index contributed by atoms with van der Waals surface area (Å²) in [6.07, 6.45) is 2.77. The highest BCUT2D eigenvalue weighted by atomic mass is 32.2. The third kappa shape index (κ3) is 6.57. The number of thioether (sulfide) groups is 1. The SMILES string of the molecule is Cc1cccc(NC(=O)CSCC(=O)Nc2ccc(C)c(S(=O)(=O)N3CCCCC3)c2)c1. The van der Waals surface area contributed by atoms with Crippen molar-refractivity contribution in [1.82, 2.24) is 4.31 Å². The van der Waals surface area contributed by atoms with Crippen molar-refractivity contribution in [2.24, 2.45) is 0 Å². The molecule has 1 aliphatic heterocycles. The number of piperidine rings is 1. The molecule has 2 aromatic rings. The number of nitrogens with zero attached hydrogens (tertiary/aromatic N) is 1. The maximum atomic E-state index is 13.0. The Morgan fingerprint density at radius 2 is 1.53 bits per heavy atom. The van der Waals surface area contributed by atoms with Gasteiger partial charge >= 0.3 is 0 Å². The highest BCUT2D eigenvalue weighted by Crippen LogP contribution is 2.26. The molecule has 2 aromatic carbocycles. The van der Waals surface area contributed by atoms with E-state index in [2.05, 4.69) is 10.6 Å². The number of carbonyl (C=O) groups is 2. The number of amides is 2. The Balaban J connectivity index is 1.54. The lowest BCUT2D eigenvalue weighted by Crippen LogP contribution is -2.36. The molecule has 172 valence electrons. The second-order valence-electron chi connectivity index (χ2n) is 7.90. The van der Waals surface area contributed by atoms with E-state index >= 15 is 0 Å². The zero-order valence-electron chi connectivity index (χ0n) is 18.4. The zero-order chi connectivity index (χ0) is 23.1. The van der Waals surface area contributed by atoms with Crippen LogP contribution in [0.15, 0.2) is 47.4 Å². The first-order valence-corrected chi connectivity index (χ1v) is 13.2. The lowest BCUT2D eigenvalue weighted by molar-refractivity contribution is -0.114. The highest BCUT2D eigenvalue weighted by Gasteiger charge is 2.27. The average molecular weight is 476 g/mol. The van der Waals surface area contributed by atoms with Crippen LogP contribution >= 0.6 is 11.8 Å². The molecule has 7 nitrogen and oxygen atoms in total. The van der Waals surface area contributed by atoms with Gasteiger partial charge in [-0.3, -0.25) is 9.59 Å². The van der Waals surface area contributed by atoms with Gasteiger partial charge in [-0.05, 0) is 62.1 Å². The first kappa shape index (κ1) is 24.3. The van der Waals surface area contributed by atoms with E-state index in [4.69, 9.17) is 0 Å². The first-order chi connectivity index (χ1) is 15.3. The molecule has 32 heavy (non-hydrogen) atoms. The van der Waals surface area contributed by atoms with Crippen LogP contribution in [0.1, 0.15) is 30.4 Å². The number of hydrogen-bond donors (Lipinski definition) is 2. The first-order valence-electron chi connectivity index (χ1n) is 10.6. The van der Waals surface area contributed by atoms with E-state index in [1.54, 1.807) is 19.1 Å². The summed E-state index contributed by atoms with van der Waals surface area (Å²) in [7, 11) is -3.59. The van der Waals surface area contributed by atoms with Crippen LogP contribution in [0.3, 0.4) is 0 Å². The Morgan fingerprint density at radius 1 is 0.906 bits per heavy atom. The number of aryl methyl sites for hydroxylation is 2. The molecule has 2 N–H and O–H groups in total. The van der Waals surface area contributed by atoms with Crippen molar-refractivity contribution in [2.75, 3.05) is 35.2 Å². The zero-order valence-corrected chi connectivity index (χ0v) is 20.0. The maximum absolute atomic E-state index is 13.0. The van der Waals surface area contributed by atoms with Crippen molar-refractivity contribution in [1.29, 1.82) is 0 Å². The molecule has 0 bridgehead atoms. The number of hydrogen-bond acceptors (Lipinski definition) is 5. The molecular weight excluding hydrogens is 446 g/mol. The topological polar surface area (TPSA) is 95.6 Å². The van der Waals surface area contributed by atoms with Crippen LogP contribution in [0.4, 0.5) is 11.4 Å². The van der Waals surface area contributed by atoms with Crippen molar-refractivity contribution in [3.8, 4) is 0 Å². The Kier molecular flexibility index (Phi) is 8.33. The predicted molar refractivity (Wildman–Crippen MR) is 130 cm³/mol. The molecule has 1 heterocycles. The Morgan fingerprint density at radius 3 is 2.16 bits per heavy atom. The summed E-state index contributed by atoms with van der Waals surface area (Å²) in [4.78, 5) is 24.6. The molecule has 2 amide bonds. The molecule has 0 radical (unpaired) electrons. The van der Waals surface area contributed by atoms with Crippen LogP contribution in [0, 0.1) is 13.8 Å². The molecule has 0 aromatic heterocycles. The number of nitrogens with one attached hydrogen (secondary N) is 2. The third-order valence-electron chi connectivity index (χ3n) is 5.17. The summed E-state index contributed by atoms with van der Waals surface area (Å²) in [6, 6.07) is 12.4. The molecule has 1 saturated heterocycles. The lowest BCUT2D eigenvalue weighted by Gasteiger charge is -2.26. The fourth-order valence-electron chi connectivity index (χ4n) is 3.55. The summed E-state index contributed by atoms with van der Waals surface area (Å²) in [5.74, 6) is -0.241. The van der Waals surface area contributed by atoms with Crippen molar-refractivity contribution in [3.63, 3.8) is 0 Å². The number of rotatable bonds is 8. The minimum absolute atomic E-state index is 0.0866. The second kappa shape index (κ2) is 11.0. The van der Waals surface area contributed by atoms with E-state index in [1.165, 1.54) is 22.1 Å². The van der Waals surface area contributed by atoms with Gasteiger partial charge < -0.3 is 10.6 Å². The van der Waals surface area contributed by atoms with Gasteiger partial charge in [0.05, 0.1) is 16.4 Å². The van der Waals surface area contributed by atoms with Crippen molar-refractivity contribution in [2.45, 2.75) is 38.0 Å². The van der Waals surface area contributed by atoms with Crippen molar-refractivity contribution in [3.05, 3.63) is 53.6 Å². The molecule has 3 rings (SSSR count). The van der Waals surface area contributed by atoms with Crippen LogP contribution < -0.4 is 10.6 Å². The van der Waals surface area contributed by atoms with Gasteiger partial charge in [0.25, 0.3) is 0 Å². The number of sulfonamides is 1. The number of anilines is 2. The largest absolute Gasteiger partial charge is 0.325 e. The number of carbonyl (C=O) groups excluding carboxylic acids is 2. The summed E-state index contributed by atoms with van der Waals surface area (Å²) >= 11 is 1.20. The molecular formula is C23H29N3O4S2. The van der Waals surface area contributed by atoms with Crippen molar-refractivity contribution >= 4 is 45.0 Å².